The van der Waals surface area contributed by atoms with Gasteiger partial charge >= 0.3 is 6.09 Å². The number of ether oxygens (including phenoxy) is 4. The molecule has 0 aromatic heterocycles. The highest BCUT2D eigenvalue weighted by Crippen LogP contribution is 2.36. The molecule has 0 saturated carbocycles. The Balaban J connectivity index is 1.72. The van der Waals surface area contributed by atoms with Crippen LogP contribution in [-0.2, 0) is 9.53 Å². The van der Waals surface area contributed by atoms with E-state index in [1.165, 1.54) is 24.7 Å². The molecular weight excluding hydrogens is 432 g/mol. The van der Waals surface area contributed by atoms with Gasteiger partial charge in [-0.1, -0.05) is 19.1 Å². The predicted molar refractivity (Wildman–Crippen MR) is 118 cm³/mol. The number of anilines is 1. The normalized spacial score (nSPS) is 13.9. The third-order valence-electron chi connectivity index (χ3n) is 5.07. The molecule has 3 rings (SSSR count). The molecule has 2 atom stereocenters. The molecule has 2 aromatic rings. The molecule has 2 aromatic carbocycles. The lowest BCUT2D eigenvalue weighted by molar-refractivity contribution is -0.124. The fourth-order valence-corrected chi connectivity index (χ4v) is 3.37. The maximum Gasteiger partial charge on any atom is 0.412 e. The minimum Gasteiger partial charge on any atom is -0.504 e. The molecule has 10 heteroatoms. The Morgan fingerprint density at radius 3 is 2.70 bits per heavy atom. The molecule has 176 valence electrons. The summed E-state index contributed by atoms with van der Waals surface area (Å²) in [6.07, 6.45) is 2.50. The first-order chi connectivity index (χ1) is 15.9. The number of hydroxylamine groups is 1. The topological polar surface area (TPSA) is 136 Å². The average molecular weight is 458 g/mol. The van der Waals surface area contributed by atoms with Crippen molar-refractivity contribution in [3.8, 4) is 23.0 Å². The molecule has 0 fully saturated rings. The van der Waals surface area contributed by atoms with Gasteiger partial charge < -0.3 is 24.1 Å². The van der Waals surface area contributed by atoms with Crippen LogP contribution in [0.3, 0.4) is 0 Å². The van der Waals surface area contributed by atoms with Crippen LogP contribution in [-0.4, -0.2) is 36.2 Å². The van der Waals surface area contributed by atoms with Crippen LogP contribution in [0.4, 0.5) is 10.5 Å². The number of amides is 2. The van der Waals surface area contributed by atoms with Gasteiger partial charge in [0, 0.05) is 17.8 Å². The van der Waals surface area contributed by atoms with E-state index in [-0.39, 0.29) is 18.5 Å². The monoisotopic (exact) mass is 458 g/mol. The lowest BCUT2D eigenvalue weighted by Crippen LogP contribution is -2.22. The molecule has 1 aliphatic heterocycles. The van der Waals surface area contributed by atoms with Crippen molar-refractivity contribution in [2.45, 2.75) is 25.9 Å². The molecule has 10 nitrogen and oxygen atoms in total. The quantitative estimate of drug-likeness (QED) is 0.252. The van der Waals surface area contributed by atoms with E-state index in [0.717, 1.165) is 0 Å². The number of rotatable bonds is 9. The van der Waals surface area contributed by atoms with Gasteiger partial charge in [0.25, 0.3) is 5.91 Å². The zero-order chi connectivity index (χ0) is 23.8. The van der Waals surface area contributed by atoms with Gasteiger partial charge in [0.15, 0.2) is 23.0 Å². The number of aromatic hydroxyl groups is 1. The SMILES string of the molecule is COc1ccc([C@@H](OC(=O)Nc2ccc3c(c2)OCO3)[C@H](C)CC/C=C/C(=O)NO)cc1O. The lowest BCUT2D eigenvalue weighted by Gasteiger charge is -2.25. The highest BCUT2D eigenvalue weighted by atomic mass is 16.7. The molecule has 1 aliphatic rings. The summed E-state index contributed by atoms with van der Waals surface area (Å²) in [4.78, 5) is 23.8. The molecule has 2 amide bonds. The number of allylic oxidation sites excluding steroid dienone is 1. The minimum absolute atomic E-state index is 0.0773. The van der Waals surface area contributed by atoms with Crippen LogP contribution in [0.1, 0.15) is 31.4 Å². The summed E-state index contributed by atoms with van der Waals surface area (Å²) in [6, 6.07) is 9.79. The van der Waals surface area contributed by atoms with Crippen LogP contribution in [0.15, 0.2) is 48.6 Å². The Bertz CT molecular complexity index is 1020. The van der Waals surface area contributed by atoms with Crippen molar-refractivity contribution in [1.29, 1.82) is 0 Å². The number of hydrogen-bond acceptors (Lipinski definition) is 8. The van der Waals surface area contributed by atoms with Gasteiger partial charge in [-0.25, -0.2) is 10.3 Å². The van der Waals surface area contributed by atoms with Crippen LogP contribution < -0.4 is 25.0 Å². The molecule has 33 heavy (non-hydrogen) atoms. The van der Waals surface area contributed by atoms with E-state index in [1.54, 1.807) is 36.4 Å². The summed E-state index contributed by atoms with van der Waals surface area (Å²) >= 11 is 0. The summed E-state index contributed by atoms with van der Waals surface area (Å²) in [5, 5.41) is 21.4. The van der Waals surface area contributed by atoms with E-state index in [0.29, 0.717) is 41.3 Å². The Kier molecular flexibility index (Phi) is 7.98. The first kappa shape index (κ1) is 23.7. The molecular formula is C23H26N2O8. The standard InChI is InChI=1S/C23H26N2O8/c1-14(5-3-4-6-21(27)25-29)22(15-7-9-18(30-2)17(26)11-15)33-23(28)24-16-8-10-19-20(12-16)32-13-31-19/h4,6-12,14,22,26,29H,3,5,13H2,1-2H3,(H,24,28)(H,25,27)/b6-4+/t14-,22+/m1/s1. The first-order valence-corrected chi connectivity index (χ1v) is 10.3. The predicted octanol–water partition coefficient (Wildman–Crippen LogP) is 3.90. The van der Waals surface area contributed by atoms with E-state index in [1.807, 2.05) is 6.92 Å². The van der Waals surface area contributed by atoms with Crippen molar-refractivity contribution >= 4 is 17.7 Å². The first-order valence-electron chi connectivity index (χ1n) is 10.3. The number of nitrogens with one attached hydrogen (secondary N) is 2. The maximum absolute atomic E-state index is 12.7. The maximum atomic E-state index is 12.7. The second-order valence-corrected chi connectivity index (χ2v) is 7.38. The lowest BCUT2D eigenvalue weighted by atomic mass is 9.92. The second-order valence-electron chi connectivity index (χ2n) is 7.38. The number of phenolic OH excluding ortho intramolecular Hbond substituents is 1. The van der Waals surface area contributed by atoms with E-state index < -0.39 is 18.1 Å². The van der Waals surface area contributed by atoms with Gasteiger partial charge in [0.1, 0.15) is 6.10 Å². The van der Waals surface area contributed by atoms with Crippen molar-refractivity contribution in [3.05, 3.63) is 54.1 Å². The number of phenols is 1. The van der Waals surface area contributed by atoms with Crippen molar-refractivity contribution in [2.24, 2.45) is 5.92 Å². The molecule has 4 N–H and O–H groups in total. The summed E-state index contributed by atoms with van der Waals surface area (Å²) in [7, 11) is 1.44. The molecule has 0 bridgehead atoms. The fourth-order valence-electron chi connectivity index (χ4n) is 3.37. The minimum atomic E-state index is -0.698. The Hall–Kier alpha value is -3.92. The fraction of sp³-hybridized carbons (Fsp3) is 0.304. The van der Waals surface area contributed by atoms with Crippen LogP contribution >= 0.6 is 0 Å². The van der Waals surface area contributed by atoms with Crippen molar-refractivity contribution in [3.63, 3.8) is 0 Å². The van der Waals surface area contributed by atoms with Crippen LogP contribution in [0, 0.1) is 5.92 Å². The zero-order valence-corrected chi connectivity index (χ0v) is 18.2. The molecule has 1 heterocycles. The molecule has 0 saturated heterocycles. The summed E-state index contributed by atoms with van der Waals surface area (Å²) in [5.41, 5.74) is 2.58. The summed E-state index contributed by atoms with van der Waals surface area (Å²) in [5.74, 6) is 0.536. The Morgan fingerprint density at radius 2 is 1.97 bits per heavy atom. The smallest absolute Gasteiger partial charge is 0.412 e. The summed E-state index contributed by atoms with van der Waals surface area (Å²) < 4.78 is 21.4. The molecule has 0 unspecified atom stereocenters. The Morgan fingerprint density at radius 1 is 1.18 bits per heavy atom. The van der Waals surface area contributed by atoms with E-state index >= 15 is 0 Å². The van der Waals surface area contributed by atoms with Crippen LogP contribution in [0.2, 0.25) is 0 Å². The third-order valence-corrected chi connectivity index (χ3v) is 5.07. The number of fused-ring (bicyclic) bond motifs is 1. The van der Waals surface area contributed by atoms with E-state index in [9.17, 15) is 14.7 Å². The number of carbonyl (C=O) groups excluding carboxylic acids is 2. The number of methoxy groups -OCH3 is 1. The van der Waals surface area contributed by atoms with E-state index in [2.05, 4.69) is 5.32 Å². The average Bonchev–Trinajstić information content (AvgIpc) is 3.27. The van der Waals surface area contributed by atoms with Gasteiger partial charge in [0.2, 0.25) is 6.79 Å². The van der Waals surface area contributed by atoms with Crippen molar-refractivity contribution < 1.29 is 38.9 Å². The van der Waals surface area contributed by atoms with Crippen molar-refractivity contribution in [2.75, 3.05) is 19.2 Å². The molecule has 0 aliphatic carbocycles. The van der Waals surface area contributed by atoms with Crippen molar-refractivity contribution in [1.82, 2.24) is 5.48 Å². The highest BCUT2D eigenvalue weighted by molar-refractivity contribution is 5.86. The number of benzene rings is 2. The third kappa shape index (κ3) is 6.30. The summed E-state index contributed by atoms with van der Waals surface area (Å²) in [6.45, 7) is 2.01. The van der Waals surface area contributed by atoms with Gasteiger partial charge in [-0.15, -0.1) is 0 Å². The molecule has 0 spiro atoms. The van der Waals surface area contributed by atoms with Crippen LogP contribution in [0.25, 0.3) is 0 Å². The van der Waals surface area contributed by atoms with Crippen LogP contribution in [0.5, 0.6) is 23.0 Å². The van der Waals surface area contributed by atoms with Gasteiger partial charge in [-0.05, 0) is 48.6 Å². The zero-order valence-electron chi connectivity index (χ0n) is 18.2. The Labute approximate surface area is 190 Å². The van der Waals surface area contributed by atoms with Gasteiger partial charge in [-0.2, -0.15) is 0 Å². The number of carbonyl (C=O) groups is 2. The largest absolute Gasteiger partial charge is 0.504 e. The highest BCUT2D eigenvalue weighted by Gasteiger charge is 2.25. The van der Waals surface area contributed by atoms with Gasteiger partial charge in [-0.3, -0.25) is 15.3 Å². The number of hydrogen-bond donors (Lipinski definition) is 4. The molecule has 0 radical (unpaired) electrons. The second kappa shape index (κ2) is 11.1. The van der Waals surface area contributed by atoms with E-state index in [4.69, 9.17) is 24.2 Å². The van der Waals surface area contributed by atoms with Gasteiger partial charge in [0.05, 0.1) is 7.11 Å².